The second-order valence-corrected chi connectivity index (χ2v) is 13.7. The third-order valence-corrected chi connectivity index (χ3v) is 9.51. The molecule has 0 bridgehead atoms. The number of rotatable bonds is 19. The van der Waals surface area contributed by atoms with E-state index in [2.05, 4.69) is 0 Å². The summed E-state index contributed by atoms with van der Waals surface area (Å²) < 4.78 is 33.9. The molecular weight excluding hydrogens is 692 g/mol. The van der Waals surface area contributed by atoms with Crippen LogP contribution in [0, 0.1) is 5.92 Å². The lowest BCUT2D eigenvalue weighted by molar-refractivity contribution is -0.349. The summed E-state index contributed by atoms with van der Waals surface area (Å²) in [4.78, 5) is 0. The molecule has 3 saturated heterocycles. The van der Waals surface area contributed by atoms with Gasteiger partial charge in [0.05, 0.1) is 38.6 Å². The van der Waals surface area contributed by atoms with Gasteiger partial charge in [0.1, 0.15) is 91.6 Å². The Labute approximate surface area is 294 Å². The maximum atomic E-state index is 11.2. The fourth-order valence-corrected chi connectivity index (χ4v) is 6.20. The number of ether oxygens (including phenoxy) is 6. The highest BCUT2D eigenvalue weighted by Crippen LogP contribution is 2.32. The van der Waals surface area contributed by atoms with E-state index in [0.717, 1.165) is 0 Å². The van der Waals surface area contributed by atoms with Crippen molar-refractivity contribution in [3.8, 4) is 0 Å². The van der Waals surface area contributed by atoms with Crippen molar-refractivity contribution < 1.29 is 99.9 Å². The van der Waals surface area contributed by atoms with Crippen molar-refractivity contribution in [2.24, 2.45) is 5.92 Å². The highest BCUT2D eigenvalue weighted by Gasteiger charge is 2.52. The first-order valence-corrected chi connectivity index (χ1v) is 17.2. The summed E-state index contributed by atoms with van der Waals surface area (Å²) >= 11 is 0. The molecule has 0 spiro atoms. The Bertz CT molecular complexity index is 980. The second kappa shape index (κ2) is 20.8. The fraction of sp³-hybridized carbons (Fsp3) is 1.00. The zero-order valence-electron chi connectivity index (χ0n) is 28.6. The summed E-state index contributed by atoms with van der Waals surface area (Å²) in [6, 6.07) is 0. The smallest absolute Gasteiger partial charge is 0.187 e. The van der Waals surface area contributed by atoms with Crippen LogP contribution in [0.5, 0.6) is 0 Å². The Morgan fingerprint density at radius 3 is 1.75 bits per heavy atom. The van der Waals surface area contributed by atoms with Gasteiger partial charge in [-0.15, -0.1) is 0 Å². The number of aliphatic hydroxyl groups excluding tert-OH is 14. The first-order chi connectivity index (χ1) is 24.0. The predicted octanol–water partition coefficient (Wildman–Crippen LogP) is -6.85. The Morgan fingerprint density at radius 1 is 0.569 bits per heavy atom. The van der Waals surface area contributed by atoms with Crippen LogP contribution in [-0.2, 0) is 28.4 Å². The molecular formula is C31H58O20. The molecule has 15 unspecified atom stereocenters. The third kappa shape index (κ3) is 11.4. The summed E-state index contributed by atoms with van der Waals surface area (Å²) in [7, 11) is 0. The first-order valence-electron chi connectivity index (χ1n) is 17.2. The lowest BCUT2D eigenvalue weighted by Crippen LogP contribution is -2.65. The minimum Gasteiger partial charge on any atom is -0.394 e. The molecule has 0 aromatic heterocycles. The molecule has 3 fully saturated rings. The van der Waals surface area contributed by atoms with Crippen LogP contribution in [0.2, 0.25) is 0 Å². The molecule has 3 aliphatic heterocycles. The minimum atomic E-state index is -1.81. The minimum absolute atomic E-state index is 0.0980. The van der Waals surface area contributed by atoms with E-state index in [1.54, 1.807) is 13.8 Å². The molecule has 3 aliphatic rings. The molecule has 0 aromatic rings. The van der Waals surface area contributed by atoms with Crippen molar-refractivity contribution in [1.82, 2.24) is 0 Å². The standard InChI is InChI=1S/C31H58O20/c1-12(2)28-27(45)29(51-31-26(44)23(41)20(38)15(9-33)49-31)22(40)17(48-28)11-47-30-25(43)24(42)21(39)16(50-30)10-46-7-5-3-4-6-13(34)18(36)19(37)14(35)8-32/h12-45H,3-11H2,1-2H3/t13-,14-,15?,16?,17?,18-,19+,20?,21?,22?,23?,24?,25?,26?,27?,28?,29?,30?,31?/m1/s1. The van der Waals surface area contributed by atoms with Crippen LogP contribution in [0.25, 0.3) is 0 Å². The molecule has 14 N–H and O–H groups in total. The zero-order valence-corrected chi connectivity index (χ0v) is 28.6. The Kier molecular flexibility index (Phi) is 18.2. The Balaban J connectivity index is 1.52. The van der Waals surface area contributed by atoms with E-state index in [1.807, 2.05) is 0 Å². The van der Waals surface area contributed by atoms with Crippen molar-refractivity contribution in [2.45, 2.75) is 156 Å². The van der Waals surface area contributed by atoms with Crippen LogP contribution in [0.4, 0.5) is 0 Å². The summed E-state index contributed by atoms with van der Waals surface area (Å²) in [5.41, 5.74) is 0. The van der Waals surface area contributed by atoms with Crippen LogP contribution in [0.3, 0.4) is 0 Å². The molecule has 0 radical (unpaired) electrons. The summed E-state index contributed by atoms with van der Waals surface area (Å²) in [6.45, 7) is 1.39. The monoisotopic (exact) mass is 750 g/mol. The normalized spacial score (nSPS) is 41.7. The maximum Gasteiger partial charge on any atom is 0.187 e. The van der Waals surface area contributed by atoms with Crippen LogP contribution in [0.15, 0.2) is 0 Å². The topological polar surface area (TPSA) is 339 Å². The fourth-order valence-electron chi connectivity index (χ4n) is 6.20. The molecule has 51 heavy (non-hydrogen) atoms. The van der Waals surface area contributed by atoms with Crippen molar-refractivity contribution in [3.63, 3.8) is 0 Å². The maximum absolute atomic E-state index is 11.2. The summed E-state index contributed by atoms with van der Waals surface area (Å²) in [6.07, 6.45) is -27.5. The van der Waals surface area contributed by atoms with Gasteiger partial charge >= 0.3 is 0 Å². The van der Waals surface area contributed by atoms with Crippen molar-refractivity contribution >= 4 is 0 Å². The Morgan fingerprint density at radius 2 is 1.14 bits per heavy atom. The van der Waals surface area contributed by atoms with Gasteiger partial charge < -0.3 is 99.9 Å². The second-order valence-electron chi connectivity index (χ2n) is 13.7. The van der Waals surface area contributed by atoms with Crippen LogP contribution in [-0.4, -0.2) is 221 Å². The molecule has 19 atom stereocenters. The van der Waals surface area contributed by atoms with Gasteiger partial charge in [0.15, 0.2) is 12.6 Å². The van der Waals surface area contributed by atoms with E-state index in [0.29, 0.717) is 19.3 Å². The van der Waals surface area contributed by atoms with Crippen molar-refractivity contribution in [1.29, 1.82) is 0 Å². The van der Waals surface area contributed by atoms with E-state index in [1.165, 1.54) is 0 Å². The molecule has 20 nitrogen and oxygen atoms in total. The number of hydrogen-bond donors (Lipinski definition) is 14. The highest BCUT2D eigenvalue weighted by atomic mass is 16.7. The van der Waals surface area contributed by atoms with Crippen LogP contribution < -0.4 is 0 Å². The van der Waals surface area contributed by atoms with Gasteiger partial charge in [-0.3, -0.25) is 0 Å². The molecule has 0 aromatic carbocycles. The number of hydrogen-bond acceptors (Lipinski definition) is 20. The van der Waals surface area contributed by atoms with E-state index >= 15 is 0 Å². The quantitative estimate of drug-likeness (QED) is 0.0545. The van der Waals surface area contributed by atoms with Gasteiger partial charge in [-0.2, -0.15) is 0 Å². The summed E-state index contributed by atoms with van der Waals surface area (Å²) in [5.74, 6) is -0.346. The average Bonchev–Trinajstić information content (AvgIpc) is 3.11. The highest BCUT2D eigenvalue weighted by molar-refractivity contribution is 4.97. The van der Waals surface area contributed by atoms with Gasteiger partial charge in [-0.1, -0.05) is 26.7 Å². The van der Waals surface area contributed by atoms with E-state index in [-0.39, 0.29) is 25.6 Å². The molecule has 20 heteroatoms. The molecule has 302 valence electrons. The lowest BCUT2D eigenvalue weighted by atomic mass is 9.89. The van der Waals surface area contributed by atoms with Crippen LogP contribution >= 0.6 is 0 Å². The van der Waals surface area contributed by atoms with Gasteiger partial charge in [0.25, 0.3) is 0 Å². The predicted molar refractivity (Wildman–Crippen MR) is 167 cm³/mol. The van der Waals surface area contributed by atoms with Crippen molar-refractivity contribution in [3.05, 3.63) is 0 Å². The van der Waals surface area contributed by atoms with E-state index < -0.39 is 136 Å². The molecule has 0 aliphatic carbocycles. The molecule has 0 saturated carbocycles. The van der Waals surface area contributed by atoms with Gasteiger partial charge in [-0.25, -0.2) is 0 Å². The number of aliphatic hydroxyl groups is 14. The Hall–Kier alpha value is -0.800. The molecule has 0 amide bonds. The largest absolute Gasteiger partial charge is 0.394 e. The summed E-state index contributed by atoms with van der Waals surface area (Å²) in [5, 5.41) is 142. The molecule has 3 heterocycles. The van der Waals surface area contributed by atoms with Gasteiger partial charge in [0, 0.05) is 6.61 Å². The third-order valence-electron chi connectivity index (χ3n) is 9.51. The van der Waals surface area contributed by atoms with Gasteiger partial charge in [0.2, 0.25) is 0 Å². The SMILES string of the molecule is CC(C)C1OC(COC2OC(COCCCCC[C@@H](O)[C@@H](O)[C@@H](O)[C@H](O)CO)C(O)C(O)C2O)C(O)C(OC2OC(CO)C(O)C(O)C2O)C1O. The first kappa shape index (κ1) is 44.6. The van der Waals surface area contributed by atoms with E-state index in [9.17, 15) is 66.4 Å². The zero-order chi connectivity index (χ0) is 38.2. The average molecular weight is 751 g/mol. The van der Waals surface area contributed by atoms with Crippen LogP contribution in [0.1, 0.15) is 39.5 Å². The lowest BCUT2D eigenvalue weighted by Gasteiger charge is -2.47. The van der Waals surface area contributed by atoms with Gasteiger partial charge in [-0.05, 0) is 18.8 Å². The number of unbranched alkanes of at least 4 members (excludes halogenated alkanes) is 2. The van der Waals surface area contributed by atoms with Crippen molar-refractivity contribution in [2.75, 3.05) is 33.0 Å². The van der Waals surface area contributed by atoms with E-state index in [4.69, 9.17) is 33.5 Å². The molecule has 3 rings (SSSR count).